The van der Waals surface area contributed by atoms with E-state index in [1.807, 2.05) is 6.07 Å². The van der Waals surface area contributed by atoms with E-state index in [0.29, 0.717) is 5.92 Å². The van der Waals surface area contributed by atoms with Crippen LogP contribution in [0.4, 0.5) is 0 Å². The van der Waals surface area contributed by atoms with Gasteiger partial charge in [-0.15, -0.1) is 0 Å². The van der Waals surface area contributed by atoms with Crippen molar-refractivity contribution in [2.24, 2.45) is 0 Å². The lowest BCUT2D eigenvalue weighted by atomic mass is 9.98. The second-order valence-electron chi connectivity index (χ2n) is 8.01. The van der Waals surface area contributed by atoms with Crippen LogP contribution in [0.2, 0.25) is 19.6 Å². The molecule has 2 heteroatoms. The monoisotopic (exact) mass is 345 g/mol. The molecule has 0 fully saturated rings. The average Bonchev–Trinajstić information content (AvgIpc) is 2.61. The first-order chi connectivity index (χ1) is 11.9. The molecule has 1 nitrogen and oxygen atoms in total. The molecule has 0 aliphatic carbocycles. The molecule has 1 heterocycles. The first kappa shape index (κ1) is 17.6. The second-order valence-corrected chi connectivity index (χ2v) is 13.0. The zero-order valence-electron chi connectivity index (χ0n) is 15.9. The Kier molecular flexibility index (Phi) is 4.91. The number of rotatable bonds is 4. The minimum Gasteiger partial charge on any atom is -0.256 e. The number of pyridine rings is 1. The number of nitrogens with zero attached hydrogens (tertiary/aromatic N) is 1. The second kappa shape index (κ2) is 6.97. The molecule has 0 saturated carbocycles. The summed E-state index contributed by atoms with van der Waals surface area (Å²) in [4.78, 5) is 4.78. The quantitative estimate of drug-likeness (QED) is 0.522. The molecule has 0 bridgehead atoms. The summed E-state index contributed by atoms with van der Waals surface area (Å²) in [6.07, 6.45) is 2.11. The van der Waals surface area contributed by atoms with Crippen LogP contribution in [-0.4, -0.2) is 13.1 Å². The lowest BCUT2D eigenvalue weighted by Gasteiger charge is -2.22. The lowest BCUT2D eigenvalue weighted by molar-refractivity contribution is 0.867. The van der Waals surface area contributed by atoms with Crippen LogP contribution in [0.15, 0.2) is 66.9 Å². The summed E-state index contributed by atoms with van der Waals surface area (Å²) in [7, 11) is -1.48. The van der Waals surface area contributed by atoms with Crippen molar-refractivity contribution in [3.8, 4) is 22.4 Å². The van der Waals surface area contributed by atoms with Crippen LogP contribution in [-0.2, 0) is 0 Å². The van der Waals surface area contributed by atoms with E-state index in [0.717, 1.165) is 5.69 Å². The highest BCUT2D eigenvalue weighted by atomic mass is 28.3. The van der Waals surface area contributed by atoms with Crippen molar-refractivity contribution in [2.45, 2.75) is 39.4 Å². The summed E-state index contributed by atoms with van der Waals surface area (Å²) in [6, 6.07) is 21.8. The van der Waals surface area contributed by atoms with Crippen molar-refractivity contribution in [2.75, 3.05) is 0 Å². The SMILES string of the molecule is CC(C)c1ccc(-c2cc(-c3ccccc3)ncc2[Si](C)(C)C)cc1. The van der Waals surface area contributed by atoms with Crippen LogP contribution in [0.25, 0.3) is 22.4 Å². The van der Waals surface area contributed by atoms with Gasteiger partial charge in [0.15, 0.2) is 0 Å². The molecule has 128 valence electrons. The third-order valence-corrected chi connectivity index (χ3v) is 6.68. The molecule has 0 aliphatic rings. The Balaban J connectivity index is 2.14. The highest BCUT2D eigenvalue weighted by molar-refractivity contribution is 6.89. The van der Waals surface area contributed by atoms with E-state index < -0.39 is 8.07 Å². The van der Waals surface area contributed by atoms with Gasteiger partial charge in [-0.05, 0) is 33.9 Å². The molecule has 0 saturated heterocycles. The van der Waals surface area contributed by atoms with Gasteiger partial charge < -0.3 is 0 Å². The Morgan fingerprint density at radius 3 is 2.00 bits per heavy atom. The topological polar surface area (TPSA) is 12.9 Å². The van der Waals surface area contributed by atoms with Crippen molar-refractivity contribution < 1.29 is 0 Å². The molecule has 2 aromatic carbocycles. The van der Waals surface area contributed by atoms with Crippen LogP contribution >= 0.6 is 0 Å². The van der Waals surface area contributed by atoms with Gasteiger partial charge in [0.2, 0.25) is 0 Å². The van der Waals surface area contributed by atoms with Crippen molar-refractivity contribution in [3.05, 3.63) is 72.4 Å². The minimum absolute atomic E-state index is 0.558. The van der Waals surface area contributed by atoms with E-state index in [2.05, 4.69) is 94.3 Å². The van der Waals surface area contributed by atoms with E-state index in [1.54, 1.807) is 0 Å². The van der Waals surface area contributed by atoms with Gasteiger partial charge in [-0.2, -0.15) is 0 Å². The molecule has 0 N–H and O–H groups in total. The Labute approximate surface area is 152 Å². The molecule has 0 aliphatic heterocycles. The number of benzene rings is 2. The number of hydrogen-bond donors (Lipinski definition) is 0. The van der Waals surface area contributed by atoms with Gasteiger partial charge in [-0.25, -0.2) is 0 Å². The lowest BCUT2D eigenvalue weighted by Crippen LogP contribution is -2.39. The van der Waals surface area contributed by atoms with Crippen LogP contribution in [0.3, 0.4) is 0 Å². The summed E-state index contributed by atoms with van der Waals surface area (Å²) in [6.45, 7) is 11.6. The largest absolute Gasteiger partial charge is 0.256 e. The molecule has 0 unspecified atom stereocenters. The highest BCUT2D eigenvalue weighted by Gasteiger charge is 2.22. The Hall–Kier alpha value is -2.19. The van der Waals surface area contributed by atoms with Crippen molar-refractivity contribution in [1.29, 1.82) is 0 Å². The molecule has 1 aromatic heterocycles. The fourth-order valence-corrected chi connectivity index (χ4v) is 4.58. The van der Waals surface area contributed by atoms with Crippen molar-refractivity contribution in [3.63, 3.8) is 0 Å². The van der Waals surface area contributed by atoms with Crippen LogP contribution in [0, 0.1) is 0 Å². The van der Waals surface area contributed by atoms with E-state index in [1.165, 1.54) is 27.4 Å². The van der Waals surface area contributed by atoms with Gasteiger partial charge in [-0.1, -0.05) is 88.1 Å². The molecule has 0 amide bonds. The zero-order valence-corrected chi connectivity index (χ0v) is 16.9. The Morgan fingerprint density at radius 2 is 1.44 bits per heavy atom. The summed E-state index contributed by atoms with van der Waals surface area (Å²) in [5, 5.41) is 1.42. The van der Waals surface area contributed by atoms with Gasteiger partial charge >= 0.3 is 0 Å². The zero-order chi connectivity index (χ0) is 18.0. The maximum Gasteiger partial charge on any atom is 0.0804 e. The molecule has 25 heavy (non-hydrogen) atoms. The molecular formula is C23H27NSi. The van der Waals surface area contributed by atoms with Gasteiger partial charge in [0.1, 0.15) is 0 Å². The summed E-state index contributed by atoms with van der Waals surface area (Å²) >= 11 is 0. The first-order valence-corrected chi connectivity index (χ1v) is 12.5. The van der Waals surface area contributed by atoms with E-state index in [9.17, 15) is 0 Å². The molecular weight excluding hydrogens is 318 g/mol. The molecule has 0 atom stereocenters. The molecule has 3 aromatic rings. The third kappa shape index (κ3) is 3.90. The Bertz CT molecular complexity index is 844. The maximum atomic E-state index is 4.78. The van der Waals surface area contributed by atoms with E-state index >= 15 is 0 Å². The van der Waals surface area contributed by atoms with Gasteiger partial charge in [0.25, 0.3) is 0 Å². The standard InChI is InChI=1S/C23H27NSi/c1-17(2)18-11-13-19(14-12-18)21-15-22(20-9-7-6-8-10-20)24-16-23(21)25(3,4)5/h6-17H,1-5H3. The Morgan fingerprint density at radius 1 is 0.800 bits per heavy atom. The summed E-state index contributed by atoms with van der Waals surface area (Å²) < 4.78 is 0. The fourth-order valence-electron chi connectivity index (χ4n) is 3.11. The number of aromatic nitrogens is 1. The van der Waals surface area contributed by atoms with Crippen molar-refractivity contribution >= 4 is 13.3 Å². The van der Waals surface area contributed by atoms with E-state index in [4.69, 9.17) is 4.98 Å². The first-order valence-electron chi connectivity index (χ1n) is 9.02. The molecule has 3 rings (SSSR count). The highest BCUT2D eigenvalue weighted by Crippen LogP contribution is 2.27. The predicted molar refractivity (Wildman–Crippen MR) is 112 cm³/mol. The van der Waals surface area contributed by atoms with Gasteiger partial charge in [0.05, 0.1) is 13.8 Å². The molecule has 0 radical (unpaired) electrons. The number of hydrogen-bond acceptors (Lipinski definition) is 1. The minimum atomic E-state index is -1.48. The van der Waals surface area contributed by atoms with Gasteiger partial charge in [-0.3, -0.25) is 4.98 Å². The van der Waals surface area contributed by atoms with Crippen LogP contribution < -0.4 is 5.19 Å². The predicted octanol–water partition coefficient (Wildman–Crippen LogP) is 6.08. The molecule has 0 spiro atoms. The van der Waals surface area contributed by atoms with Crippen molar-refractivity contribution in [1.82, 2.24) is 4.98 Å². The smallest absolute Gasteiger partial charge is 0.0804 e. The normalized spacial score (nSPS) is 11.8. The van der Waals surface area contributed by atoms with E-state index in [-0.39, 0.29) is 0 Å². The average molecular weight is 346 g/mol. The summed E-state index contributed by atoms with van der Waals surface area (Å²) in [5.41, 5.74) is 6.23. The summed E-state index contributed by atoms with van der Waals surface area (Å²) in [5.74, 6) is 0.558. The van der Waals surface area contributed by atoms with Crippen LogP contribution in [0.5, 0.6) is 0 Å². The third-order valence-electron chi connectivity index (χ3n) is 4.67. The maximum absolute atomic E-state index is 4.78. The fraction of sp³-hybridized carbons (Fsp3) is 0.261. The van der Waals surface area contributed by atoms with Crippen LogP contribution in [0.1, 0.15) is 25.3 Å². The van der Waals surface area contributed by atoms with Gasteiger partial charge in [0, 0.05) is 11.8 Å².